The number of anilines is 1. The molecule has 1 amide bonds. The summed E-state index contributed by atoms with van der Waals surface area (Å²) in [7, 11) is 0. The largest absolute Gasteiger partial charge is 0.462 e. The lowest BCUT2D eigenvalue weighted by molar-refractivity contribution is -0.119. The topological polar surface area (TPSA) is 115 Å². The van der Waals surface area contributed by atoms with E-state index in [9.17, 15) is 14.4 Å². The van der Waals surface area contributed by atoms with E-state index in [0.717, 1.165) is 5.69 Å². The van der Waals surface area contributed by atoms with Crippen molar-refractivity contribution in [3.8, 4) is 0 Å². The summed E-state index contributed by atoms with van der Waals surface area (Å²) in [5, 5.41) is 5.93. The standard InChI is InChI=1S/C21H25N5O4/c1-4-16(27)10-18-22-11-17-19(25-18)26(12-23-17)13(3)20(28)24-15-8-6-14(7-9-15)21(29)30-5-2/h6-9,12-13H,4-5,10-11H2,1-3H3,(H,22,25)(H,24,28). The fourth-order valence-corrected chi connectivity index (χ4v) is 2.97. The van der Waals surface area contributed by atoms with Crippen molar-refractivity contribution >= 4 is 35.0 Å². The number of nitrogens with one attached hydrogen (secondary N) is 2. The fourth-order valence-electron chi connectivity index (χ4n) is 2.97. The summed E-state index contributed by atoms with van der Waals surface area (Å²) in [4.78, 5) is 45.0. The Balaban J connectivity index is 1.71. The highest BCUT2D eigenvalue weighted by molar-refractivity contribution is 6.02. The number of carbonyl (C=O) groups is 3. The molecule has 158 valence electrons. The average Bonchev–Trinajstić information content (AvgIpc) is 3.17. The van der Waals surface area contributed by atoms with Gasteiger partial charge in [-0.2, -0.15) is 0 Å². The number of carbonyl (C=O) groups excluding carboxylic acids is 3. The van der Waals surface area contributed by atoms with Gasteiger partial charge in [0, 0.05) is 12.1 Å². The maximum Gasteiger partial charge on any atom is 0.338 e. The molecule has 30 heavy (non-hydrogen) atoms. The van der Waals surface area contributed by atoms with E-state index in [2.05, 4.69) is 20.6 Å². The van der Waals surface area contributed by atoms with E-state index >= 15 is 0 Å². The van der Waals surface area contributed by atoms with Gasteiger partial charge in [0.2, 0.25) is 5.91 Å². The van der Waals surface area contributed by atoms with Crippen molar-refractivity contribution in [3.05, 3.63) is 41.9 Å². The van der Waals surface area contributed by atoms with Crippen LogP contribution in [0.4, 0.5) is 11.5 Å². The molecule has 3 rings (SSSR count). The number of amidine groups is 1. The SMILES string of the molecule is CCOC(=O)c1ccc(NC(=O)C(C)n2cnc3c2N=C(CC(=O)CC)NC3)cc1. The summed E-state index contributed by atoms with van der Waals surface area (Å²) in [5.74, 6) is 0.593. The van der Waals surface area contributed by atoms with Gasteiger partial charge in [-0.15, -0.1) is 0 Å². The highest BCUT2D eigenvalue weighted by Crippen LogP contribution is 2.26. The van der Waals surface area contributed by atoms with Gasteiger partial charge in [0.1, 0.15) is 23.4 Å². The van der Waals surface area contributed by atoms with E-state index in [1.807, 2.05) is 6.92 Å². The first-order valence-corrected chi connectivity index (χ1v) is 9.89. The van der Waals surface area contributed by atoms with Crippen molar-refractivity contribution in [2.24, 2.45) is 4.99 Å². The molecule has 1 aliphatic heterocycles. The Kier molecular flexibility index (Phi) is 6.61. The zero-order valence-corrected chi connectivity index (χ0v) is 17.3. The average molecular weight is 411 g/mol. The second kappa shape index (κ2) is 9.34. The molecular weight excluding hydrogens is 386 g/mol. The van der Waals surface area contributed by atoms with Crippen LogP contribution < -0.4 is 10.6 Å². The summed E-state index contributed by atoms with van der Waals surface area (Å²) in [6.45, 7) is 6.07. The minimum Gasteiger partial charge on any atom is -0.462 e. The van der Waals surface area contributed by atoms with E-state index in [0.29, 0.717) is 42.5 Å². The van der Waals surface area contributed by atoms with Crippen molar-refractivity contribution in [2.45, 2.75) is 46.2 Å². The van der Waals surface area contributed by atoms with Gasteiger partial charge in [-0.25, -0.2) is 14.8 Å². The first-order chi connectivity index (χ1) is 14.4. The number of hydrogen-bond donors (Lipinski definition) is 2. The highest BCUT2D eigenvalue weighted by Gasteiger charge is 2.24. The molecule has 0 fully saturated rings. The van der Waals surface area contributed by atoms with Gasteiger partial charge in [-0.3, -0.25) is 9.59 Å². The van der Waals surface area contributed by atoms with Crippen molar-refractivity contribution in [1.29, 1.82) is 0 Å². The van der Waals surface area contributed by atoms with E-state index in [1.54, 1.807) is 49.0 Å². The lowest BCUT2D eigenvalue weighted by Crippen LogP contribution is -2.29. The Labute approximate surface area is 174 Å². The summed E-state index contributed by atoms with van der Waals surface area (Å²) in [5.41, 5.74) is 1.71. The first-order valence-electron chi connectivity index (χ1n) is 9.89. The number of Topliss-reactive ketones (excluding diaryl/α,β-unsaturated/α-hetero) is 1. The third kappa shape index (κ3) is 4.73. The fraction of sp³-hybridized carbons (Fsp3) is 0.381. The monoisotopic (exact) mass is 411 g/mol. The first kappa shape index (κ1) is 21.2. The number of hydrogen-bond acceptors (Lipinski definition) is 7. The van der Waals surface area contributed by atoms with Crippen LogP contribution in [0.3, 0.4) is 0 Å². The number of fused-ring (bicyclic) bond motifs is 1. The van der Waals surface area contributed by atoms with Crippen LogP contribution in [-0.4, -0.2) is 39.7 Å². The lowest BCUT2D eigenvalue weighted by Gasteiger charge is -2.19. The second-order valence-corrected chi connectivity index (χ2v) is 6.87. The number of ether oxygens (including phenoxy) is 1. The van der Waals surface area contributed by atoms with Crippen molar-refractivity contribution in [2.75, 3.05) is 11.9 Å². The Morgan fingerprint density at radius 3 is 2.63 bits per heavy atom. The summed E-state index contributed by atoms with van der Waals surface area (Å²) < 4.78 is 6.64. The van der Waals surface area contributed by atoms with E-state index in [1.165, 1.54) is 0 Å². The van der Waals surface area contributed by atoms with Crippen molar-refractivity contribution in [3.63, 3.8) is 0 Å². The molecule has 1 aliphatic rings. The Morgan fingerprint density at radius 1 is 1.23 bits per heavy atom. The smallest absolute Gasteiger partial charge is 0.338 e. The molecule has 2 heterocycles. The van der Waals surface area contributed by atoms with Crippen LogP contribution in [-0.2, 0) is 20.9 Å². The van der Waals surface area contributed by atoms with Gasteiger partial charge in [0.15, 0.2) is 5.82 Å². The molecule has 0 saturated carbocycles. The van der Waals surface area contributed by atoms with Crippen LogP contribution in [0.15, 0.2) is 35.6 Å². The van der Waals surface area contributed by atoms with Crippen LogP contribution in [0.25, 0.3) is 0 Å². The molecular formula is C21H25N5O4. The minimum absolute atomic E-state index is 0.0906. The molecule has 1 aromatic carbocycles. The maximum absolute atomic E-state index is 12.8. The number of esters is 1. The zero-order valence-electron chi connectivity index (χ0n) is 17.3. The third-order valence-corrected chi connectivity index (χ3v) is 4.76. The molecule has 0 spiro atoms. The van der Waals surface area contributed by atoms with Crippen LogP contribution in [0.1, 0.15) is 55.7 Å². The third-order valence-electron chi connectivity index (χ3n) is 4.76. The van der Waals surface area contributed by atoms with Gasteiger partial charge >= 0.3 is 5.97 Å². The molecule has 0 aliphatic carbocycles. The Bertz CT molecular complexity index is 978. The number of imidazole rings is 1. The van der Waals surface area contributed by atoms with Gasteiger partial charge in [-0.1, -0.05) is 6.92 Å². The van der Waals surface area contributed by atoms with Gasteiger partial charge in [0.05, 0.1) is 31.5 Å². The molecule has 9 heteroatoms. The molecule has 0 saturated heterocycles. The molecule has 2 aromatic rings. The summed E-state index contributed by atoms with van der Waals surface area (Å²) in [6, 6.07) is 5.93. The number of aliphatic imine (C=N–C) groups is 1. The normalized spacial score (nSPS) is 13.5. The summed E-state index contributed by atoms with van der Waals surface area (Å²) in [6.07, 6.45) is 2.25. The van der Waals surface area contributed by atoms with Crippen molar-refractivity contribution < 1.29 is 19.1 Å². The predicted octanol–water partition coefficient (Wildman–Crippen LogP) is 2.76. The molecule has 0 bridgehead atoms. The number of rotatable bonds is 8. The quantitative estimate of drug-likeness (QED) is 0.646. The number of benzene rings is 1. The molecule has 9 nitrogen and oxygen atoms in total. The zero-order chi connectivity index (χ0) is 21.7. The number of ketones is 1. The van der Waals surface area contributed by atoms with Gasteiger partial charge in [0.25, 0.3) is 0 Å². The highest BCUT2D eigenvalue weighted by atomic mass is 16.5. The molecule has 1 aromatic heterocycles. The Morgan fingerprint density at radius 2 is 1.97 bits per heavy atom. The van der Waals surface area contributed by atoms with E-state index in [-0.39, 0.29) is 18.1 Å². The van der Waals surface area contributed by atoms with E-state index < -0.39 is 12.0 Å². The van der Waals surface area contributed by atoms with Gasteiger partial charge < -0.3 is 19.9 Å². The maximum atomic E-state index is 12.8. The van der Waals surface area contributed by atoms with Crippen molar-refractivity contribution in [1.82, 2.24) is 14.9 Å². The Hall–Kier alpha value is -3.49. The van der Waals surface area contributed by atoms with Crippen LogP contribution in [0, 0.1) is 0 Å². The van der Waals surface area contributed by atoms with Crippen LogP contribution in [0.5, 0.6) is 0 Å². The minimum atomic E-state index is -0.573. The molecule has 1 unspecified atom stereocenters. The molecule has 2 N–H and O–H groups in total. The lowest BCUT2D eigenvalue weighted by atomic mass is 10.2. The second-order valence-electron chi connectivity index (χ2n) is 6.87. The van der Waals surface area contributed by atoms with Crippen LogP contribution >= 0.6 is 0 Å². The van der Waals surface area contributed by atoms with Crippen LogP contribution in [0.2, 0.25) is 0 Å². The molecule has 1 atom stereocenters. The number of amides is 1. The predicted molar refractivity (Wildman–Crippen MR) is 112 cm³/mol. The number of aromatic nitrogens is 2. The molecule has 0 radical (unpaired) electrons. The summed E-state index contributed by atoms with van der Waals surface area (Å²) >= 11 is 0. The van der Waals surface area contributed by atoms with Gasteiger partial charge in [-0.05, 0) is 38.1 Å². The number of nitrogens with zero attached hydrogens (tertiary/aromatic N) is 3. The van der Waals surface area contributed by atoms with E-state index in [4.69, 9.17) is 4.74 Å².